The fraction of sp³-hybridized carbons (Fsp3) is 0.240. The van der Waals surface area contributed by atoms with Crippen molar-refractivity contribution in [2.45, 2.75) is 39.3 Å². The van der Waals surface area contributed by atoms with Crippen molar-refractivity contribution in [1.82, 2.24) is 4.98 Å². The Hall–Kier alpha value is -3.67. The van der Waals surface area contributed by atoms with Crippen LogP contribution in [0.1, 0.15) is 47.8 Å². The predicted octanol–water partition coefficient (Wildman–Crippen LogP) is 5.05. The number of anilines is 2. The number of carbonyl (C=O) groups is 2. The molecule has 158 valence electrons. The molecule has 2 heterocycles. The van der Waals surface area contributed by atoms with E-state index in [0.29, 0.717) is 0 Å². The normalized spacial score (nSPS) is 17.7. The number of carboxylic acid groups (broad SMARTS) is 1. The Morgan fingerprint density at radius 1 is 1.16 bits per heavy atom. The van der Waals surface area contributed by atoms with Crippen LogP contribution in [0.25, 0.3) is 11.1 Å². The van der Waals surface area contributed by atoms with Crippen molar-refractivity contribution in [2.75, 3.05) is 10.2 Å². The minimum atomic E-state index is -0.938. The Bertz CT molecular complexity index is 1140. The Labute approximate surface area is 181 Å². The Balaban J connectivity index is 1.80. The molecule has 2 atom stereocenters. The van der Waals surface area contributed by atoms with Crippen molar-refractivity contribution in [3.8, 4) is 11.1 Å². The molecule has 0 bridgehead atoms. The maximum atomic E-state index is 12.4. The number of nitrogens with zero attached hydrogens (tertiary/aromatic N) is 2. The summed E-state index contributed by atoms with van der Waals surface area (Å²) < 4.78 is 0. The lowest BCUT2D eigenvalue weighted by Crippen LogP contribution is -2.43. The molecule has 0 unspecified atom stereocenters. The van der Waals surface area contributed by atoms with E-state index in [2.05, 4.69) is 23.3 Å². The molecule has 2 N–H and O–H groups in total. The molecule has 0 spiro atoms. The van der Waals surface area contributed by atoms with Crippen LogP contribution in [0.5, 0.6) is 0 Å². The molecule has 0 radical (unpaired) electrons. The van der Waals surface area contributed by atoms with Crippen molar-refractivity contribution < 1.29 is 14.7 Å². The molecule has 1 aromatic heterocycles. The standard InChI is InChI=1S/C25H25N3O3/c1-15-11-19(25(30)31)6-8-21(15)18-7-9-24-22(13-18)23(12-16(2)28(24)17(3)29)27-20-5-4-10-26-14-20/h4-11,13-14,16,23,27H,12H2,1-3H3,(H,30,31)/t16-,23+/m0/s1. The van der Waals surface area contributed by atoms with E-state index in [9.17, 15) is 14.7 Å². The maximum Gasteiger partial charge on any atom is 0.335 e. The average molecular weight is 415 g/mol. The van der Waals surface area contributed by atoms with Gasteiger partial charge in [0.15, 0.2) is 0 Å². The zero-order valence-corrected chi connectivity index (χ0v) is 17.8. The number of aromatic carboxylic acids is 1. The molecule has 0 fully saturated rings. The summed E-state index contributed by atoms with van der Waals surface area (Å²) in [7, 11) is 0. The molecule has 6 heteroatoms. The summed E-state index contributed by atoms with van der Waals surface area (Å²) in [5.41, 5.74) is 5.99. The number of aromatic nitrogens is 1. The van der Waals surface area contributed by atoms with Gasteiger partial charge in [0.25, 0.3) is 0 Å². The number of carboxylic acids is 1. The first kappa shape index (κ1) is 20.6. The van der Waals surface area contributed by atoms with Crippen molar-refractivity contribution >= 4 is 23.3 Å². The summed E-state index contributed by atoms with van der Waals surface area (Å²) in [6, 6.07) is 15.2. The van der Waals surface area contributed by atoms with Crippen LogP contribution < -0.4 is 10.2 Å². The number of hydrogen-bond acceptors (Lipinski definition) is 4. The third-order valence-corrected chi connectivity index (χ3v) is 5.81. The number of fused-ring (bicyclic) bond motifs is 1. The van der Waals surface area contributed by atoms with Gasteiger partial charge in [0.05, 0.1) is 17.3 Å². The van der Waals surface area contributed by atoms with E-state index in [1.807, 2.05) is 42.2 Å². The van der Waals surface area contributed by atoms with Crippen LogP contribution in [0.15, 0.2) is 60.9 Å². The van der Waals surface area contributed by atoms with E-state index < -0.39 is 5.97 Å². The summed E-state index contributed by atoms with van der Waals surface area (Å²) in [6.07, 6.45) is 4.30. The van der Waals surface area contributed by atoms with Crippen molar-refractivity contribution in [2.24, 2.45) is 0 Å². The van der Waals surface area contributed by atoms with Crippen LogP contribution in [0, 0.1) is 6.92 Å². The second kappa shape index (κ2) is 8.22. The van der Waals surface area contributed by atoms with Gasteiger partial charge in [0.2, 0.25) is 5.91 Å². The second-order valence-corrected chi connectivity index (χ2v) is 8.02. The number of pyridine rings is 1. The van der Waals surface area contributed by atoms with E-state index in [1.54, 1.807) is 31.5 Å². The van der Waals surface area contributed by atoms with Crippen molar-refractivity contribution in [3.05, 3.63) is 77.6 Å². The van der Waals surface area contributed by atoms with Gasteiger partial charge in [-0.3, -0.25) is 9.78 Å². The first-order valence-corrected chi connectivity index (χ1v) is 10.3. The van der Waals surface area contributed by atoms with Gasteiger partial charge in [0, 0.05) is 31.0 Å². The minimum absolute atomic E-state index is 0.0170. The van der Waals surface area contributed by atoms with Crippen LogP contribution in [-0.4, -0.2) is 28.0 Å². The van der Waals surface area contributed by atoms with Gasteiger partial charge in [-0.1, -0.05) is 12.1 Å². The highest BCUT2D eigenvalue weighted by Crippen LogP contribution is 2.41. The fourth-order valence-corrected chi connectivity index (χ4v) is 4.42. The highest BCUT2D eigenvalue weighted by molar-refractivity contribution is 5.94. The summed E-state index contributed by atoms with van der Waals surface area (Å²) in [4.78, 5) is 29.7. The number of rotatable bonds is 4. The quantitative estimate of drug-likeness (QED) is 0.623. The van der Waals surface area contributed by atoms with Gasteiger partial charge in [-0.05, 0) is 78.9 Å². The molecule has 4 rings (SSSR count). The largest absolute Gasteiger partial charge is 0.478 e. The summed E-state index contributed by atoms with van der Waals surface area (Å²) in [5, 5.41) is 12.8. The van der Waals surface area contributed by atoms with Crippen LogP contribution in [0.3, 0.4) is 0 Å². The fourth-order valence-electron chi connectivity index (χ4n) is 4.42. The predicted molar refractivity (Wildman–Crippen MR) is 121 cm³/mol. The molecule has 2 aromatic carbocycles. The van der Waals surface area contributed by atoms with E-state index in [0.717, 1.165) is 40.0 Å². The van der Waals surface area contributed by atoms with Gasteiger partial charge in [-0.25, -0.2) is 4.79 Å². The summed E-state index contributed by atoms with van der Waals surface area (Å²) in [5.74, 6) is -0.921. The molecule has 0 saturated carbocycles. The SMILES string of the molecule is CC(=O)N1c2ccc(-c3ccc(C(=O)O)cc3C)cc2[C@H](Nc2cccnc2)C[C@@H]1C. The lowest BCUT2D eigenvalue weighted by atomic mass is 9.88. The van der Waals surface area contributed by atoms with Crippen LogP contribution in [0.2, 0.25) is 0 Å². The van der Waals surface area contributed by atoms with E-state index in [-0.39, 0.29) is 23.6 Å². The summed E-state index contributed by atoms with van der Waals surface area (Å²) in [6.45, 7) is 5.57. The molecule has 6 nitrogen and oxygen atoms in total. The topological polar surface area (TPSA) is 82.5 Å². The lowest BCUT2D eigenvalue weighted by Gasteiger charge is -2.39. The zero-order valence-electron chi connectivity index (χ0n) is 17.8. The molecule has 3 aromatic rings. The third kappa shape index (κ3) is 4.01. The molecule has 1 amide bonds. The average Bonchev–Trinajstić information content (AvgIpc) is 2.74. The molecule has 1 aliphatic heterocycles. The molecule has 1 aliphatic rings. The number of aryl methyl sites for hydroxylation is 1. The van der Waals surface area contributed by atoms with Crippen LogP contribution >= 0.6 is 0 Å². The minimum Gasteiger partial charge on any atom is -0.478 e. The van der Waals surface area contributed by atoms with Crippen molar-refractivity contribution in [1.29, 1.82) is 0 Å². The molecular formula is C25H25N3O3. The van der Waals surface area contributed by atoms with Crippen LogP contribution in [0.4, 0.5) is 11.4 Å². The number of amides is 1. The third-order valence-electron chi connectivity index (χ3n) is 5.81. The first-order valence-electron chi connectivity index (χ1n) is 10.3. The lowest BCUT2D eigenvalue weighted by molar-refractivity contribution is -0.117. The number of nitrogens with one attached hydrogen (secondary N) is 1. The van der Waals surface area contributed by atoms with Gasteiger partial charge in [-0.15, -0.1) is 0 Å². The Morgan fingerprint density at radius 2 is 1.97 bits per heavy atom. The number of hydrogen-bond donors (Lipinski definition) is 2. The van der Waals surface area contributed by atoms with Gasteiger partial charge >= 0.3 is 5.97 Å². The van der Waals surface area contributed by atoms with Gasteiger partial charge in [0.1, 0.15) is 0 Å². The smallest absolute Gasteiger partial charge is 0.335 e. The second-order valence-electron chi connectivity index (χ2n) is 8.02. The maximum absolute atomic E-state index is 12.4. The van der Waals surface area contributed by atoms with Crippen LogP contribution in [-0.2, 0) is 4.79 Å². The molecular weight excluding hydrogens is 390 g/mol. The molecule has 0 saturated heterocycles. The Morgan fingerprint density at radius 3 is 2.61 bits per heavy atom. The Kier molecular flexibility index (Phi) is 5.46. The van der Waals surface area contributed by atoms with Gasteiger partial charge in [-0.2, -0.15) is 0 Å². The first-order chi connectivity index (χ1) is 14.8. The molecule has 0 aliphatic carbocycles. The zero-order chi connectivity index (χ0) is 22.1. The van der Waals surface area contributed by atoms with Crippen molar-refractivity contribution in [3.63, 3.8) is 0 Å². The highest BCUT2D eigenvalue weighted by Gasteiger charge is 2.32. The monoisotopic (exact) mass is 415 g/mol. The van der Waals surface area contributed by atoms with E-state index in [1.165, 1.54) is 0 Å². The van der Waals surface area contributed by atoms with E-state index in [4.69, 9.17) is 0 Å². The molecule has 31 heavy (non-hydrogen) atoms. The number of carbonyl (C=O) groups excluding carboxylic acids is 1. The van der Waals surface area contributed by atoms with Gasteiger partial charge < -0.3 is 15.3 Å². The van der Waals surface area contributed by atoms with E-state index >= 15 is 0 Å². The number of benzene rings is 2. The summed E-state index contributed by atoms with van der Waals surface area (Å²) >= 11 is 0. The highest BCUT2D eigenvalue weighted by atomic mass is 16.4.